The van der Waals surface area contributed by atoms with Crippen molar-refractivity contribution >= 4 is 22.9 Å². The highest BCUT2D eigenvalue weighted by molar-refractivity contribution is 7.09. The summed E-state index contributed by atoms with van der Waals surface area (Å²) in [5, 5.41) is 17.4. The molecule has 1 amide bonds. The molecule has 1 aliphatic heterocycles. The number of piperidine rings is 1. The number of likely N-dealkylation sites (tertiary alicyclic amines) is 1. The van der Waals surface area contributed by atoms with Crippen LogP contribution in [-0.4, -0.2) is 40.5 Å². The Labute approximate surface area is 235 Å². The molecule has 1 fully saturated rings. The van der Waals surface area contributed by atoms with Gasteiger partial charge < -0.3 is 15.3 Å². The number of carbonyl (C=O) groups is 1. The van der Waals surface area contributed by atoms with Gasteiger partial charge in [-0.1, -0.05) is 66.2 Å². The fraction of sp³-hybridized carbons (Fsp3) is 0.333. The largest absolute Gasteiger partial charge is 0.385 e. The Kier molecular flexibility index (Phi) is 8.74. The smallest absolute Gasteiger partial charge is 0.222 e. The van der Waals surface area contributed by atoms with Crippen LogP contribution in [0.3, 0.4) is 0 Å². The van der Waals surface area contributed by atoms with Crippen LogP contribution in [0, 0.1) is 13.8 Å². The summed E-state index contributed by atoms with van der Waals surface area (Å²) in [5.74, 6) is 0.579. The first-order valence-electron chi connectivity index (χ1n) is 13.8. The van der Waals surface area contributed by atoms with Gasteiger partial charge in [0.1, 0.15) is 6.10 Å². The van der Waals surface area contributed by atoms with Crippen molar-refractivity contribution in [2.45, 2.75) is 51.6 Å². The Balaban J connectivity index is 1.13. The van der Waals surface area contributed by atoms with E-state index in [4.69, 9.17) is 4.98 Å². The number of anilines is 1. The fourth-order valence-electron chi connectivity index (χ4n) is 5.29. The van der Waals surface area contributed by atoms with Crippen molar-refractivity contribution < 1.29 is 9.90 Å². The first kappa shape index (κ1) is 27.1. The molecule has 3 aromatic carbocycles. The topological polar surface area (TPSA) is 65.5 Å². The minimum Gasteiger partial charge on any atom is -0.385 e. The van der Waals surface area contributed by atoms with E-state index in [0.717, 1.165) is 54.2 Å². The number of carbonyl (C=O) groups excluding carboxylic acids is 1. The van der Waals surface area contributed by atoms with Crippen LogP contribution in [0.4, 0.5) is 5.69 Å². The lowest BCUT2D eigenvalue weighted by atomic mass is 9.96. The molecule has 0 bridgehead atoms. The molecule has 4 aromatic rings. The minimum atomic E-state index is -0.692. The summed E-state index contributed by atoms with van der Waals surface area (Å²) in [6, 6.07) is 24.9. The lowest BCUT2D eigenvalue weighted by molar-refractivity contribution is -0.132. The molecule has 2 heterocycles. The van der Waals surface area contributed by atoms with E-state index in [2.05, 4.69) is 61.6 Å². The van der Waals surface area contributed by atoms with Gasteiger partial charge in [-0.25, -0.2) is 4.98 Å². The predicted octanol–water partition coefficient (Wildman–Crippen LogP) is 6.91. The molecular formula is C33H37N3O2S. The van der Waals surface area contributed by atoms with Crippen molar-refractivity contribution in [1.82, 2.24) is 9.88 Å². The van der Waals surface area contributed by atoms with Gasteiger partial charge in [0.2, 0.25) is 5.91 Å². The Morgan fingerprint density at radius 2 is 1.79 bits per heavy atom. The third-order valence-corrected chi connectivity index (χ3v) is 8.72. The number of aryl methyl sites for hydroxylation is 3. The Bertz CT molecular complexity index is 1390. The van der Waals surface area contributed by atoms with Gasteiger partial charge in [-0.15, -0.1) is 11.3 Å². The third-order valence-electron chi connectivity index (χ3n) is 7.69. The molecule has 0 spiro atoms. The highest BCUT2D eigenvalue weighted by atomic mass is 32.1. The molecule has 1 atom stereocenters. The van der Waals surface area contributed by atoms with Gasteiger partial charge in [0.05, 0.1) is 10.7 Å². The van der Waals surface area contributed by atoms with Crippen LogP contribution in [0.1, 0.15) is 58.7 Å². The van der Waals surface area contributed by atoms with Gasteiger partial charge in [0, 0.05) is 48.6 Å². The molecular weight excluding hydrogens is 502 g/mol. The normalized spacial score (nSPS) is 14.8. The summed E-state index contributed by atoms with van der Waals surface area (Å²) in [4.78, 5) is 19.6. The first-order chi connectivity index (χ1) is 19.0. The summed E-state index contributed by atoms with van der Waals surface area (Å²) in [5.41, 5.74) is 7.69. The molecule has 5 rings (SSSR count). The Morgan fingerprint density at radius 1 is 1.05 bits per heavy atom. The van der Waals surface area contributed by atoms with E-state index in [-0.39, 0.29) is 5.91 Å². The van der Waals surface area contributed by atoms with E-state index >= 15 is 0 Å². The average Bonchev–Trinajstić information content (AvgIpc) is 3.47. The molecule has 0 radical (unpaired) electrons. The average molecular weight is 540 g/mol. The second kappa shape index (κ2) is 12.6. The monoisotopic (exact) mass is 539 g/mol. The van der Waals surface area contributed by atoms with E-state index in [9.17, 15) is 9.90 Å². The van der Waals surface area contributed by atoms with Gasteiger partial charge in [0.25, 0.3) is 0 Å². The van der Waals surface area contributed by atoms with Crippen molar-refractivity contribution in [1.29, 1.82) is 0 Å². The molecule has 1 saturated heterocycles. The highest BCUT2D eigenvalue weighted by Crippen LogP contribution is 2.33. The number of hydrogen-bond acceptors (Lipinski definition) is 5. The number of amides is 1. The SMILES string of the molecule is Cc1ccc(NCC(O)c2csc(C3CCN(C(=O)CCc4ccccc4C)CC3)n2)c(-c2ccccc2)c1. The molecule has 0 aliphatic carbocycles. The van der Waals surface area contributed by atoms with Crippen LogP contribution < -0.4 is 5.32 Å². The maximum Gasteiger partial charge on any atom is 0.222 e. The second-order valence-electron chi connectivity index (χ2n) is 10.5. The molecule has 202 valence electrons. The zero-order valence-electron chi connectivity index (χ0n) is 22.8. The molecule has 1 aromatic heterocycles. The predicted molar refractivity (Wildman–Crippen MR) is 160 cm³/mol. The molecule has 0 saturated carbocycles. The molecule has 1 unspecified atom stereocenters. The second-order valence-corrected chi connectivity index (χ2v) is 11.4. The van der Waals surface area contributed by atoms with Crippen LogP contribution in [0.2, 0.25) is 0 Å². The summed E-state index contributed by atoms with van der Waals surface area (Å²) >= 11 is 1.62. The van der Waals surface area contributed by atoms with Crippen molar-refractivity contribution in [3.05, 3.63) is 106 Å². The molecule has 39 heavy (non-hydrogen) atoms. The number of nitrogens with zero attached hydrogens (tertiary/aromatic N) is 2. The number of thiazole rings is 1. The zero-order valence-corrected chi connectivity index (χ0v) is 23.6. The number of rotatable bonds is 9. The van der Waals surface area contributed by atoms with Gasteiger partial charge in [-0.2, -0.15) is 0 Å². The van der Waals surface area contributed by atoms with Crippen molar-refractivity contribution in [2.75, 3.05) is 25.0 Å². The van der Waals surface area contributed by atoms with E-state index < -0.39 is 6.10 Å². The maximum absolute atomic E-state index is 12.8. The summed E-state index contributed by atoms with van der Waals surface area (Å²) in [6.07, 6.45) is 2.50. The van der Waals surface area contributed by atoms with Crippen LogP contribution in [-0.2, 0) is 11.2 Å². The van der Waals surface area contributed by atoms with Gasteiger partial charge in [0.15, 0.2) is 0 Å². The standard InChI is InChI=1S/C33H37N3O2S/c1-23-12-14-29(28(20-23)26-10-4-3-5-11-26)34-21-31(37)30-22-39-33(35-30)27-16-18-36(19-17-27)32(38)15-13-25-9-7-6-8-24(25)2/h3-12,14,20,22,27,31,34,37H,13,15-19,21H2,1-2H3. The Hall–Kier alpha value is -3.48. The van der Waals surface area contributed by atoms with Gasteiger partial charge in [-0.05, 0) is 61.9 Å². The molecule has 1 aliphatic rings. The van der Waals surface area contributed by atoms with Crippen molar-refractivity contribution in [3.63, 3.8) is 0 Å². The van der Waals surface area contributed by atoms with Crippen LogP contribution in [0.15, 0.2) is 78.2 Å². The summed E-state index contributed by atoms with van der Waals surface area (Å²) in [6.45, 7) is 6.12. The van der Waals surface area contributed by atoms with E-state index in [1.54, 1.807) is 11.3 Å². The number of hydrogen-bond donors (Lipinski definition) is 2. The number of benzene rings is 3. The van der Waals surface area contributed by atoms with E-state index in [0.29, 0.717) is 24.6 Å². The maximum atomic E-state index is 12.8. The third kappa shape index (κ3) is 6.75. The molecule has 2 N–H and O–H groups in total. The van der Waals surface area contributed by atoms with Crippen molar-refractivity contribution in [3.8, 4) is 11.1 Å². The van der Waals surface area contributed by atoms with E-state index in [1.165, 1.54) is 16.7 Å². The number of aromatic nitrogens is 1. The minimum absolute atomic E-state index is 0.240. The van der Waals surface area contributed by atoms with E-state index in [1.807, 2.05) is 40.6 Å². The number of nitrogens with one attached hydrogen (secondary N) is 1. The fourth-order valence-corrected chi connectivity index (χ4v) is 6.32. The molecule has 6 heteroatoms. The summed E-state index contributed by atoms with van der Waals surface area (Å²) in [7, 11) is 0. The first-order valence-corrected chi connectivity index (χ1v) is 14.7. The van der Waals surface area contributed by atoms with Crippen LogP contribution in [0.25, 0.3) is 11.1 Å². The number of aliphatic hydroxyl groups is 1. The Morgan fingerprint density at radius 3 is 2.56 bits per heavy atom. The molecule has 5 nitrogen and oxygen atoms in total. The highest BCUT2D eigenvalue weighted by Gasteiger charge is 2.26. The quantitative estimate of drug-likeness (QED) is 0.243. The van der Waals surface area contributed by atoms with Crippen molar-refractivity contribution in [2.24, 2.45) is 0 Å². The van der Waals surface area contributed by atoms with Gasteiger partial charge >= 0.3 is 0 Å². The lowest BCUT2D eigenvalue weighted by Gasteiger charge is -2.31. The van der Waals surface area contributed by atoms with Gasteiger partial charge in [-0.3, -0.25) is 4.79 Å². The lowest BCUT2D eigenvalue weighted by Crippen LogP contribution is -2.38. The van der Waals surface area contributed by atoms with Crippen LogP contribution >= 0.6 is 11.3 Å². The van der Waals surface area contributed by atoms with Crippen LogP contribution in [0.5, 0.6) is 0 Å². The number of aliphatic hydroxyl groups excluding tert-OH is 1. The summed E-state index contributed by atoms with van der Waals surface area (Å²) < 4.78 is 0. The zero-order chi connectivity index (χ0) is 27.2.